The van der Waals surface area contributed by atoms with Crippen LogP contribution in [0.2, 0.25) is 0 Å². The molecular weight excluding hydrogens is 548 g/mol. The van der Waals surface area contributed by atoms with Gasteiger partial charge in [0.25, 0.3) is 5.91 Å². The van der Waals surface area contributed by atoms with E-state index in [4.69, 9.17) is 4.74 Å². The minimum absolute atomic E-state index is 0.189. The van der Waals surface area contributed by atoms with E-state index in [1.54, 1.807) is 33.7 Å². The molecule has 1 N–H and O–H groups in total. The van der Waals surface area contributed by atoms with Crippen LogP contribution in [-0.4, -0.2) is 69.1 Å². The fraction of sp³-hybridized carbons (Fsp3) is 0.500. The SMILES string of the molecule is C=CCCOC(=O)[C@@H]1[C@H]2C(=O)N([C@@H](CO)CC(C)C)C(C(=O)N(CC=C)c3ccc4ccccc4c3)C23CC[C@@]1(C)S3. The Morgan fingerprint density at radius 1 is 1.17 bits per heavy atom. The summed E-state index contributed by atoms with van der Waals surface area (Å²) < 4.78 is 4.35. The van der Waals surface area contributed by atoms with Crippen LogP contribution in [0.5, 0.6) is 0 Å². The summed E-state index contributed by atoms with van der Waals surface area (Å²) in [5.74, 6) is -2.00. The van der Waals surface area contributed by atoms with Crippen LogP contribution >= 0.6 is 11.8 Å². The van der Waals surface area contributed by atoms with Crippen LogP contribution in [0.3, 0.4) is 0 Å². The molecule has 3 aliphatic heterocycles. The van der Waals surface area contributed by atoms with E-state index in [1.165, 1.54) is 0 Å². The molecule has 6 atom stereocenters. The minimum atomic E-state index is -0.838. The number of carbonyl (C=O) groups is 3. The van der Waals surface area contributed by atoms with E-state index in [1.807, 2.05) is 63.2 Å². The predicted molar refractivity (Wildman–Crippen MR) is 168 cm³/mol. The Hall–Kier alpha value is -3.10. The molecule has 2 unspecified atom stereocenters. The topological polar surface area (TPSA) is 87.1 Å². The summed E-state index contributed by atoms with van der Waals surface area (Å²) in [5.41, 5.74) is 0.722. The van der Waals surface area contributed by atoms with Crippen molar-refractivity contribution in [2.45, 2.75) is 68.0 Å². The Morgan fingerprint density at radius 2 is 1.90 bits per heavy atom. The zero-order valence-electron chi connectivity index (χ0n) is 24.8. The van der Waals surface area contributed by atoms with Crippen molar-refractivity contribution in [3.05, 3.63) is 67.8 Å². The Bertz CT molecular complexity index is 1390. The van der Waals surface area contributed by atoms with Gasteiger partial charge >= 0.3 is 5.97 Å². The number of thioether (sulfide) groups is 1. The molecule has 3 heterocycles. The molecule has 0 radical (unpaired) electrons. The molecule has 5 rings (SSSR count). The third-order valence-electron chi connectivity index (χ3n) is 9.24. The van der Waals surface area contributed by atoms with Gasteiger partial charge < -0.3 is 19.6 Å². The Balaban J connectivity index is 1.61. The molecule has 3 saturated heterocycles. The van der Waals surface area contributed by atoms with Gasteiger partial charge in [0.1, 0.15) is 6.04 Å². The van der Waals surface area contributed by atoms with Gasteiger partial charge in [-0.25, -0.2) is 0 Å². The maximum Gasteiger partial charge on any atom is 0.311 e. The van der Waals surface area contributed by atoms with Gasteiger partial charge in [0.15, 0.2) is 0 Å². The highest BCUT2D eigenvalue weighted by molar-refractivity contribution is 8.02. The van der Waals surface area contributed by atoms with Crippen molar-refractivity contribution in [3.8, 4) is 0 Å². The number of fused-ring (bicyclic) bond motifs is 2. The lowest BCUT2D eigenvalue weighted by Crippen LogP contribution is -2.57. The molecule has 3 aliphatic rings. The largest absolute Gasteiger partial charge is 0.465 e. The molecule has 2 aromatic carbocycles. The highest BCUT2D eigenvalue weighted by Crippen LogP contribution is 2.72. The summed E-state index contributed by atoms with van der Waals surface area (Å²) in [6.07, 6.45) is 5.80. The standard InChI is InChI=1S/C34H42N2O5S/c1-6-8-18-41-32(40)28-27-30(38)36(26(21-37)19-22(3)4)29(34(27)16-15-33(28,5)42-34)31(39)35(17-7-2)25-14-13-23-11-9-10-12-24(23)20-25/h6-7,9-14,20,22,26-29,37H,1-2,8,15-19,21H2,3-5H3/t26-,27+,28+,29?,33-,34?/m1/s1. The summed E-state index contributed by atoms with van der Waals surface area (Å²) in [6, 6.07) is 12.5. The van der Waals surface area contributed by atoms with Crippen molar-refractivity contribution in [3.63, 3.8) is 0 Å². The average molecular weight is 591 g/mol. The highest BCUT2D eigenvalue weighted by atomic mass is 32.2. The van der Waals surface area contributed by atoms with Crippen molar-refractivity contribution in [2.24, 2.45) is 17.8 Å². The van der Waals surface area contributed by atoms with Crippen LogP contribution in [0.15, 0.2) is 67.8 Å². The van der Waals surface area contributed by atoms with Gasteiger partial charge in [-0.3, -0.25) is 14.4 Å². The van der Waals surface area contributed by atoms with Gasteiger partial charge in [0.05, 0.1) is 35.8 Å². The number of likely N-dealkylation sites (tertiary alicyclic amines) is 1. The van der Waals surface area contributed by atoms with Gasteiger partial charge in [-0.15, -0.1) is 24.9 Å². The molecule has 0 aliphatic carbocycles. The summed E-state index contributed by atoms with van der Waals surface area (Å²) in [6.45, 7) is 14.0. The fourth-order valence-corrected chi connectivity index (χ4v) is 9.82. The van der Waals surface area contributed by atoms with Crippen LogP contribution in [0.1, 0.15) is 46.5 Å². The maximum absolute atomic E-state index is 14.9. The number of amides is 2. The van der Waals surface area contributed by atoms with Crippen LogP contribution in [0.4, 0.5) is 5.69 Å². The molecule has 3 fully saturated rings. The number of nitrogens with zero attached hydrogens (tertiary/aromatic N) is 2. The Kier molecular flexibility index (Phi) is 8.59. The zero-order chi connectivity index (χ0) is 30.2. The number of benzene rings is 2. The second-order valence-corrected chi connectivity index (χ2v) is 14.3. The van der Waals surface area contributed by atoms with E-state index < -0.39 is 33.4 Å². The number of anilines is 1. The van der Waals surface area contributed by atoms with Crippen LogP contribution in [0.25, 0.3) is 10.8 Å². The van der Waals surface area contributed by atoms with Gasteiger partial charge in [-0.2, -0.15) is 0 Å². The van der Waals surface area contributed by atoms with Crippen molar-refractivity contribution in [1.82, 2.24) is 4.90 Å². The summed E-state index contributed by atoms with van der Waals surface area (Å²) in [7, 11) is 0. The van der Waals surface area contributed by atoms with E-state index in [0.717, 1.165) is 16.5 Å². The molecule has 1 spiro atoms. The zero-order valence-corrected chi connectivity index (χ0v) is 25.6. The maximum atomic E-state index is 14.9. The van der Waals surface area contributed by atoms with E-state index >= 15 is 0 Å². The van der Waals surface area contributed by atoms with Gasteiger partial charge in [0, 0.05) is 17.0 Å². The van der Waals surface area contributed by atoms with Gasteiger partial charge in [0.2, 0.25) is 5.91 Å². The van der Waals surface area contributed by atoms with Crippen molar-refractivity contribution in [2.75, 3.05) is 24.7 Å². The first-order valence-electron chi connectivity index (χ1n) is 14.9. The summed E-state index contributed by atoms with van der Waals surface area (Å²) in [5, 5.41) is 12.7. The number of rotatable bonds is 12. The number of esters is 1. The molecule has 8 heteroatoms. The van der Waals surface area contributed by atoms with Gasteiger partial charge in [-0.1, -0.05) is 56.3 Å². The minimum Gasteiger partial charge on any atom is -0.465 e. The lowest BCUT2D eigenvalue weighted by atomic mass is 9.66. The smallest absolute Gasteiger partial charge is 0.311 e. The van der Waals surface area contributed by atoms with E-state index in [-0.39, 0.29) is 43.5 Å². The molecule has 2 bridgehead atoms. The molecule has 0 aromatic heterocycles. The summed E-state index contributed by atoms with van der Waals surface area (Å²) >= 11 is 1.61. The number of hydrogen-bond donors (Lipinski definition) is 1. The number of hydrogen-bond acceptors (Lipinski definition) is 6. The second-order valence-electron chi connectivity index (χ2n) is 12.5. The van der Waals surface area contributed by atoms with Crippen LogP contribution in [-0.2, 0) is 19.1 Å². The first kappa shape index (κ1) is 30.4. The molecule has 7 nitrogen and oxygen atoms in total. The lowest BCUT2D eigenvalue weighted by Gasteiger charge is -2.40. The number of aliphatic hydroxyl groups excluding tert-OH is 1. The molecule has 2 amide bonds. The molecule has 2 aromatic rings. The number of ether oxygens (including phenoxy) is 1. The van der Waals surface area contributed by atoms with E-state index in [2.05, 4.69) is 13.2 Å². The molecule has 42 heavy (non-hydrogen) atoms. The quantitative estimate of drug-likeness (QED) is 0.203. The van der Waals surface area contributed by atoms with Crippen molar-refractivity contribution in [1.29, 1.82) is 0 Å². The second kappa shape index (κ2) is 11.9. The first-order chi connectivity index (χ1) is 20.1. The monoisotopic (exact) mass is 590 g/mol. The molecular formula is C34H42N2O5S. The van der Waals surface area contributed by atoms with Gasteiger partial charge in [-0.05, 0) is 61.4 Å². The fourth-order valence-electron chi connectivity index (χ4n) is 7.49. The van der Waals surface area contributed by atoms with Crippen molar-refractivity contribution < 1.29 is 24.2 Å². The summed E-state index contributed by atoms with van der Waals surface area (Å²) in [4.78, 5) is 46.4. The average Bonchev–Trinajstić information content (AvgIpc) is 3.54. The third-order valence-corrected chi connectivity index (χ3v) is 11.2. The lowest BCUT2D eigenvalue weighted by molar-refractivity contribution is -0.156. The van der Waals surface area contributed by atoms with Crippen LogP contribution < -0.4 is 4.90 Å². The number of carbonyl (C=O) groups excluding carboxylic acids is 3. The van der Waals surface area contributed by atoms with E-state index in [9.17, 15) is 19.5 Å². The first-order valence-corrected chi connectivity index (χ1v) is 15.7. The molecule has 224 valence electrons. The van der Waals surface area contributed by atoms with Crippen LogP contribution in [0, 0.1) is 17.8 Å². The van der Waals surface area contributed by atoms with E-state index in [0.29, 0.717) is 25.7 Å². The molecule has 0 saturated carbocycles. The predicted octanol–water partition coefficient (Wildman–Crippen LogP) is 5.37. The highest BCUT2D eigenvalue weighted by Gasteiger charge is 2.78. The third kappa shape index (κ3) is 4.96. The Morgan fingerprint density at radius 3 is 2.57 bits per heavy atom. The normalized spacial score (nSPS) is 28.6. The van der Waals surface area contributed by atoms with Crippen molar-refractivity contribution >= 4 is 46.0 Å². The Labute approximate surface area is 253 Å². The number of aliphatic hydroxyl groups is 1.